The van der Waals surface area contributed by atoms with Crippen LogP contribution in [-0.2, 0) is 0 Å². The van der Waals surface area contributed by atoms with Gasteiger partial charge in [0.25, 0.3) is 0 Å². The highest BCUT2D eigenvalue weighted by atomic mass is 19.1. The molecule has 0 radical (unpaired) electrons. The summed E-state index contributed by atoms with van der Waals surface area (Å²) in [6.07, 6.45) is 8.78. The predicted octanol–water partition coefficient (Wildman–Crippen LogP) is 5.64. The van der Waals surface area contributed by atoms with Crippen LogP contribution in [0.25, 0.3) is 21.8 Å². The number of aromatic nitrogens is 2. The number of rotatable bonds is 3. The minimum Gasteiger partial charge on any atom is -0.368 e. The van der Waals surface area contributed by atoms with Crippen molar-refractivity contribution in [3.63, 3.8) is 0 Å². The third kappa shape index (κ3) is 3.32. The molecule has 1 saturated carbocycles. The molecule has 4 aromatic rings. The quantitative estimate of drug-likeness (QED) is 0.454. The lowest BCUT2D eigenvalue weighted by atomic mass is 9.81. The summed E-state index contributed by atoms with van der Waals surface area (Å²) in [6.45, 7) is 4.41. The topological polar surface area (TPSA) is 38.1 Å². The molecule has 1 aliphatic heterocycles. The van der Waals surface area contributed by atoms with Gasteiger partial charge in [0.15, 0.2) is 0 Å². The van der Waals surface area contributed by atoms with Crippen LogP contribution in [0.2, 0.25) is 0 Å². The van der Waals surface area contributed by atoms with E-state index in [0.29, 0.717) is 12.0 Å². The standard InChI is InChI=1S/C26H29FN4/c27-22-3-1-5-24-26(22)21(17-29-24)18-7-9-19(10-8-18)30-13-15-31(16-14-30)25-6-2-4-23-20(25)11-12-28-23/h1-6,11-12,17-19,28-29H,7-10,13-16H2. The fourth-order valence-electron chi connectivity index (χ4n) is 5.91. The fourth-order valence-corrected chi connectivity index (χ4v) is 5.91. The van der Waals surface area contributed by atoms with Gasteiger partial charge >= 0.3 is 0 Å². The van der Waals surface area contributed by atoms with Crippen LogP contribution in [-0.4, -0.2) is 47.1 Å². The number of piperazine rings is 1. The summed E-state index contributed by atoms with van der Waals surface area (Å²) in [4.78, 5) is 11.8. The Balaban J connectivity index is 1.10. The first-order chi connectivity index (χ1) is 15.3. The molecular formula is C26H29FN4. The Labute approximate surface area is 182 Å². The van der Waals surface area contributed by atoms with Gasteiger partial charge in [-0.05, 0) is 67.5 Å². The molecule has 2 aromatic carbocycles. The maximum Gasteiger partial charge on any atom is 0.132 e. The van der Waals surface area contributed by atoms with Crippen LogP contribution in [0.4, 0.5) is 10.1 Å². The molecule has 4 nitrogen and oxygen atoms in total. The zero-order valence-corrected chi connectivity index (χ0v) is 17.8. The number of nitrogens with zero attached hydrogens (tertiary/aromatic N) is 2. The lowest BCUT2D eigenvalue weighted by Crippen LogP contribution is -2.51. The van der Waals surface area contributed by atoms with E-state index in [4.69, 9.17) is 0 Å². The Bertz CT molecular complexity index is 1190. The van der Waals surface area contributed by atoms with E-state index < -0.39 is 0 Å². The molecule has 1 saturated heterocycles. The van der Waals surface area contributed by atoms with E-state index in [1.807, 2.05) is 18.5 Å². The summed E-state index contributed by atoms with van der Waals surface area (Å²) in [6, 6.07) is 14.7. The largest absolute Gasteiger partial charge is 0.368 e. The van der Waals surface area contributed by atoms with Crippen LogP contribution in [0.1, 0.15) is 37.2 Å². The fraction of sp³-hybridized carbons (Fsp3) is 0.385. The molecular weight excluding hydrogens is 387 g/mol. The van der Waals surface area contributed by atoms with Gasteiger partial charge < -0.3 is 14.9 Å². The molecule has 0 unspecified atom stereocenters. The average Bonchev–Trinajstić information content (AvgIpc) is 3.47. The van der Waals surface area contributed by atoms with E-state index in [2.05, 4.69) is 44.0 Å². The number of hydrogen-bond donors (Lipinski definition) is 2. The molecule has 6 rings (SSSR count). The van der Waals surface area contributed by atoms with Crippen molar-refractivity contribution < 1.29 is 4.39 Å². The first-order valence-corrected chi connectivity index (χ1v) is 11.6. The molecule has 0 spiro atoms. The summed E-state index contributed by atoms with van der Waals surface area (Å²) in [5.74, 6) is 0.374. The summed E-state index contributed by atoms with van der Waals surface area (Å²) >= 11 is 0. The number of benzene rings is 2. The molecule has 1 aliphatic carbocycles. The Hall–Kier alpha value is -2.79. The molecule has 3 heterocycles. The van der Waals surface area contributed by atoms with E-state index in [9.17, 15) is 4.39 Å². The highest BCUT2D eigenvalue weighted by Gasteiger charge is 2.30. The van der Waals surface area contributed by atoms with Crippen LogP contribution in [0.15, 0.2) is 54.9 Å². The van der Waals surface area contributed by atoms with E-state index >= 15 is 0 Å². The summed E-state index contributed by atoms with van der Waals surface area (Å²) in [5, 5.41) is 2.13. The van der Waals surface area contributed by atoms with Crippen molar-refractivity contribution in [1.29, 1.82) is 0 Å². The van der Waals surface area contributed by atoms with Crippen molar-refractivity contribution in [1.82, 2.24) is 14.9 Å². The number of fused-ring (bicyclic) bond motifs is 2. The number of hydrogen-bond acceptors (Lipinski definition) is 2. The molecule has 2 aliphatic rings. The monoisotopic (exact) mass is 416 g/mol. The minimum absolute atomic E-state index is 0.0931. The van der Waals surface area contributed by atoms with E-state index in [-0.39, 0.29) is 5.82 Å². The maximum absolute atomic E-state index is 14.4. The zero-order valence-electron chi connectivity index (χ0n) is 17.8. The van der Waals surface area contributed by atoms with Crippen molar-refractivity contribution in [2.45, 2.75) is 37.6 Å². The molecule has 2 aromatic heterocycles. The lowest BCUT2D eigenvalue weighted by molar-refractivity contribution is 0.141. The van der Waals surface area contributed by atoms with Crippen molar-refractivity contribution in [3.8, 4) is 0 Å². The summed E-state index contributed by atoms with van der Waals surface area (Å²) in [5.41, 5.74) is 4.66. The normalized spacial score (nSPS) is 23.1. The second kappa shape index (κ2) is 7.72. The Morgan fingerprint density at radius 1 is 0.806 bits per heavy atom. The summed E-state index contributed by atoms with van der Waals surface area (Å²) < 4.78 is 14.4. The van der Waals surface area contributed by atoms with Crippen molar-refractivity contribution in [2.75, 3.05) is 31.1 Å². The van der Waals surface area contributed by atoms with Gasteiger partial charge in [-0.15, -0.1) is 0 Å². The van der Waals surface area contributed by atoms with Crippen LogP contribution in [0.3, 0.4) is 0 Å². The molecule has 160 valence electrons. The van der Waals surface area contributed by atoms with Gasteiger partial charge in [-0.2, -0.15) is 0 Å². The Morgan fingerprint density at radius 2 is 1.58 bits per heavy atom. The average molecular weight is 417 g/mol. The highest BCUT2D eigenvalue weighted by Crippen LogP contribution is 2.39. The number of halogens is 1. The first-order valence-electron chi connectivity index (χ1n) is 11.6. The van der Waals surface area contributed by atoms with Crippen LogP contribution in [0.5, 0.6) is 0 Å². The van der Waals surface area contributed by atoms with Gasteiger partial charge in [0.05, 0.1) is 0 Å². The number of aromatic amines is 2. The van der Waals surface area contributed by atoms with E-state index in [1.165, 1.54) is 35.0 Å². The number of nitrogens with one attached hydrogen (secondary N) is 2. The van der Waals surface area contributed by atoms with Crippen LogP contribution < -0.4 is 4.90 Å². The highest BCUT2D eigenvalue weighted by molar-refractivity contribution is 5.92. The molecule has 5 heteroatoms. The first kappa shape index (κ1) is 18.9. The van der Waals surface area contributed by atoms with Crippen LogP contribution >= 0.6 is 0 Å². The predicted molar refractivity (Wildman–Crippen MR) is 125 cm³/mol. The second-order valence-electron chi connectivity index (χ2n) is 9.15. The Morgan fingerprint density at radius 3 is 2.42 bits per heavy atom. The van der Waals surface area contributed by atoms with Crippen molar-refractivity contribution >= 4 is 27.5 Å². The molecule has 0 bridgehead atoms. The molecule has 2 fully saturated rings. The van der Waals surface area contributed by atoms with Gasteiger partial charge in [-0.25, -0.2) is 4.39 Å². The minimum atomic E-state index is -0.0931. The van der Waals surface area contributed by atoms with Gasteiger partial charge in [-0.1, -0.05) is 12.1 Å². The van der Waals surface area contributed by atoms with Gasteiger partial charge in [-0.3, -0.25) is 4.90 Å². The van der Waals surface area contributed by atoms with Crippen molar-refractivity contribution in [3.05, 3.63) is 66.2 Å². The maximum atomic E-state index is 14.4. The SMILES string of the molecule is Fc1cccc2[nH]cc(C3CCC(N4CCN(c5cccc6[nH]ccc56)CC4)CC3)c12. The molecule has 31 heavy (non-hydrogen) atoms. The zero-order chi connectivity index (χ0) is 20.8. The van der Waals surface area contributed by atoms with E-state index in [1.54, 1.807) is 12.1 Å². The third-order valence-corrected chi connectivity index (χ3v) is 7.57. The van der Waals surface area contributed by atoms with Crippen molar-refractivity contribution in [2.24, 2.45) is 0 Å². The summed E-state index contributed by atoms with van der Waals surface area (Å²) in [7, 11) is 0. The molecule has 0 amide bonds. The lowest BCUT2D eigenvalue weighted by Gasteiger charge is -2.42. The Kier molecular flexibility index (Phi) is 4.72. The second-order valence-corrected chi connectivity index (χ2v) is 9.15. The van der Waals surface area contributed by atoms with Gasteiger partial charge in [0.1, 0.15) is 5.82 Å². The molecule has 2 N–H and O–H groups in total. The van der Waals surface area contributed by atoms with Gasteiger partial charge in [0, 0.05) is 72.1 Å². The van der Waals surface area contributed by atoms with E-state index in [0.717, 1.165) is 49.9 Å². The number of H-pyrrole nitrogens is 2. The third-order valence-electron chi connectivity index (χ3n) is 7.57. The number of anilines is 1. The molecule has 0 atom stereocenters. The van der Waals surface area contributed by atoms with Crippen LogP contribution in [0, 0.1) is 5.82 Å². The van der Waals surface area contributed by atoms with Gasteiger partial charge in [0.2, 0.25) is 0 Å². The smallest absolute Gasteiger partial charge is 0.132 e.